The predicted octanol–water partition coefficient (Wildman–Crippen LogP) is 1.37. The Hall–Kier alpha value is -2.15. The van der Waals surface area contributed by atoms with Crippen LogP contribution in [0, 0.1) is 5.92 Å². The summed E-state index contributed by atoms with van der Waals surface area (Å²) < 4.78 is 10.9. The number of carbonyl (C=O) groups excluding carboxylic acids is 2. The summed E-state index contributed by atoms with van der Waals surface area (Å²) >= 11 is 0. The number of carbonyl (C=O) groups is 2. The normalized spacial score (nSPS) is 23.6. The number of nitrogens with zero attached hydrogens (tertiary/aromatic N) is 2. The summed E-state index contributed by atoms with van der Waals surface area (Å²) in [6.45, 7) is 3.31. The highest BCUT2D eigenvalue weighted by molar-refractivity contribution is 6.13. The fourth-order valence-electron chi connectivity index (χ4n) is 3.09. The lowest BCUT2D eigenvalue weighted by atomic mass is 9.94. The molecular formula is C17H23N3O4. The number of ether oxygens (including phenoxy) is 2. The molecule has 1 fully saturated rings. The van der Waals surface area contributed by atoms with Crippen LogP contribution < -0.4 is 15.0 Å². The van der Waals surface area contributed by atoms with Gasteiger partial charge in [0.25, 0.3) is 0 Å². The zero-order valence-corrected chi connectivity index (χ0v) is 14.1. The van der Waals surface area contributed by atoms with Crippen molar-refractivity contribution in [2.24, 2.45) is 5.92 Å². The van der Waals surface area contributed by atoms with Crippen LogP contribution in [0.25, 0.3) is 0 Å². The van der Waals surface area contributed by atoms with E-state index in [-0.39, 0.29) is 17.9 Å². The van der Waals surface area contributed by atoms with Crippen LogP contribution in [0.15, 0.2) is 12.1 Å². The highest BCUT2D eigenvalue weighted by atomic mass is 16.5. The molecule has 2 unspecified atom stereocenters. The van der Waals surface area contributed by atoms with E-state index in [1.165, 1.54) is 0 Å². The van der Waals surface area contributed by atoms with Gasteiger partial charge in [0.2, 0.25) is 11.8 Å². The molecule has 1 saturated heterocycles. The highest BCUT2D eigenvalue weighted by Gasteiger charge is 2.37. The van der Waals surface area contributed by atoms with Gasteiger partial charge in [0.15, 0.2) is 5.78 Å². The van der Waals surface area contributed by atoms with E-state index in [4.69, 9.17) is 9.47 Å². The molecule has 24 heavy (non-hydrogen) atoms. The number of hydrogen-bond acceptors (Lipinski definition) is 6. The van der Waals surface area contributed by atoms with E-state index in [9.17, 15) is 9.59 Å². The Balaban J connectivity index is 1.77. The van der Waals surface area contributed by atoms with Gasteiger partial charge in [0.05, 0.1) is 12.3 Å². The van der Waals surface area contributed by atoms with Crippen molar-refractivity contribution in [2.75, 3.05) is 31.7 Å². The van der Waals surface area contributed by atoms with Crippen LogP contribution >= 0.6 is 0 Å². The Labute approximate surface area is 141 Å². The van der Waals surface area contributed by atoms with E-state index in [2.05, 4.69) is 10.3 Å². The SMILES string of the molecule is CCOc1ccc2c(n1)C(=O)C(C(=O)NC1CCCCO1)CN2C. The van der Waals surface area contributed by atoms with Crippen LogP contribution in [0.2, 0.25) is 0 Å². The smallest absolute Gasteiger partial charge is 0.234 e. The number of aromatic nitrogens is 1. The minimum atomic E-state index is -0.780. The molecule has 1 aromatic rings. The second-order valence-corrected chi connectivity index (χ2v) is 6.11. The maximum absolute atomic E-state index is 12.8. The van der Waals surface area contributed by atoms with Crippen molar-refractivity contribution >= 4 is 17.4 Å². The standard InChI is InChI=1S/C17H23N3O4/c1-3-23-14-8-7-12-15(18-14)16(21)11(10-20(12)2)17(22)19-13-6-4-5-9-24-13/h7-8,11,13H,3-6,9-10H2,1-2H3,(H,19,22). The van der Waals surface area contributed by atoms with Gasteiger partial charge in [-0.25, -0.2) is 4.98 Å². The molecule has 7 nitrogen and oxygen atoms in total. The molecule has 1 N–H and O–H groups in total. The molecule has 0 spiro atoms. The Morgan fingerprint density at radius 3 is 3.00 bits per heavy atom. The molecule has 1 amide bonds. The number of rotatable bonds is 4. The maximum Gasteiger partial charge on any atom is 0.234 e. The molecule has 0 aromatic carbocycles. The summed E-state index contributed by atoms with van der Waals surface area (Å²) in [6.07, 6.45) is 2.51. The van der Waals surface area contributed by atoms with E-state index < -0.39 is 5.92 Å². The first-order valence-electron chi connectivity index (χ1n) is 8.41. The Morgan fingerprint density at radius 1 is 1.46 bits per heavy atom. The van der Waals surface area contributed by atoms with Crippen molar-refractivity contribution in [3.05, 3.63) is 17.8 Å². The van der Waals surface area contributed by atoms with Crippen LogP contribution in [0.5, 0.6) is 5.88 Å². The monoisotopic (exact) mass is 333 g/mol. The lowest BCUT2D eigenvalue weighted by molar-refractivity contribution is -0.129. The third-order valence-electron chi connectivity index (χ3n) is 4.36. The molecule has 2 aliphatic rings. The summed E-state index contributed by atoms with van der Waals surface area (Å²) in [7, 11) is 1.85. The molecule has 3 rings (SSSR count). The third kappa shape index (κ3) is 3.36. The summed E-state index contributed by atoms with van der Waals surface area (Å²) in [5, 5.41) is 2.84. The number of fused-ring (bicyclic) bond motifs is 1. The second kappa shape index (κ2) is 7.17. The first-order chi connectivity index (χ1) is 11.6. The number of amides is 1. The van der Waals surface area contributed by atoms with Crippen LogP contribution in [-0.4, -0.2) is 49.7 Å². The molecule has 7 heteroatoms. The van der Waals surface area contributed by atoms with Crippen molar-refractivity contribution in [1.29, 1.82) is 0 Å². The van der Waals surface area contributed by atoms with E-state index in [0.29, 0.717) is 31.3 Å². The average molecular weight is 333 g/mol. The zero-order valence-electron chi connectivity index (χ0n) is 14.1. The molecular weight excluding hydrogens is 310 g/mol. The number of Topliss-reactive ketones (excluding diaryl/α,β-unsaturated/α-hetero) is 1. The first-order valence-corrected chi connectivity index (χ1v) is 8.41. The number of ketones is 1. The number of hydrogen-bond donors (Lipinski definition) is 1. The zero-order chi connectivity index (χ0) is 17.1. The quantitative estimate of drug-likeness (QED) is 0.838. The number of anilines is 1. The number of pyridine rings is 1. The average Bonchev–Trinajstić information content (AvgIpc) is 2.59. The highest BCUT2D eigenvalue weighted by Crippen LogP contribution is 2.29. The molecule has 2 aliphatic heterocycles. The molecule has 1 aromatic heterocycles. The Morgan fingerprint density at radius 2 is 2.29 bits per heavy atom. The maximum atomic E-state index is 12.8. The van der Waals surface area contributed by atoms with E-state index in [0.717, 1.165) is 24.9 Å². The fraction of sp³-hybridized carbons (Fsp3) is 0.588. The van der Waals surface area contributed by atoms with Crippen molar-refractivity contribution in [3.8, 4) is 5.88 Å². The summed E-state index contributed by atoms with van der Waals surface area (Å²) in [6, 6.07) is 3.55. The van der Waals surface area contributed by atoms with Crippen LogP contribution in [0.1, 0.15) is 36.7 Å². The van der Waals surface area contributed by atoms with Gasteiger partial charge in [0, 0.05) is 26.3 Å². The summed E-state index contributed by atoms with van der Waals surface area (Å²) in [4.78, 5) is 31.5. The third-order valence-corrected chi connectivity index (χ3v) is 4.36. The molecule has 0 saturated carbocycles. The van der Waals surface area contributed by atoms with Gasteiger partial charge in [-0.05, 0) is 32.3 Å². The van der Waals surface area contributed by atoms with E-state index in [1.54, 1.807) is 6.07 Å². The van der Waals surface area contributed by atoms with Gasteiger partial charge in [-0.15, -0.1) is 0 Å². The molecule has 3 heterocycles. The summed E-state index contributed by atoms with van der Waals surface area (Å²) in [5.74, 6) is -0.946. The molecule has 0 aliphatic carbocycles. The lowest BCUT2D eigenvalue weighted by Crippen LogP contribution is -2.49. The van der Waals surface area contributed by atoms with Gasteiger partial charge in [-0.1, -0.05) is 0 Å². The minimum absolute atomic E-state index is 0.266. The fourth-order valence-corrected chi connectivity index (χ4v) is 3.09. The van der Waals surface area contributed by atoms with Crippen molar-refractivity contribution in [3.63, 3.8) is 0 Å². The van der Waals surface area contributed by atoms with Gasteiger partial charge in [0.1, 0.15) is 17.8 Å². The topological polar surface area (TPSA) is 80.8 Å². The predicted molar refractivity (Wildman–Crippen MR) is 88.2 cm³/mol. The van der Waals surface area contributed by atoms with Crippen LogP contribution in [0.4, 0.5) is 5.69 Å². The van der Waals surface area contributed by atoms with Crippen molar-refractivity contribution in [1.82, 2.24) is 10.3 Å². The minimum Gasteiger partial charge on any atom is -0.478 e. The van der Waals surface area contributed by atoms with Gasteiger partial charge < -0.3 is 19.7 Å². The first kappa shape index (κ1) is 16.7. The van der Waals surface area contributed by atoms with Crippen LogP contribution in [0.3, 0.4) is 0 Å². The van der Waals surface area contributed by atoms with E-state index in [1.807, 2.05) is 24.9 Å². The number of nitrogens with one attached hydrogen (secondary N) is 1. The van der Waals surface area contributed by atoms with Crippen molar-refractivity contribution < 1.29 is 19.1 Å². The van der Waals surface area contributed by atoms with E-state index >= 15 is 0 Å². The lowest BCUT2D eigenvalue weighted by Gasteiger charge is -2.32. The summed E-state index contributed by atoms with van der Waals surface area (Å²) in [5.41, 5.74) is 1.01. The van der Waals surface area contributed by atoms with Gasteiger partial charge in [-0.3, -0.25) is 9.59 Å². The molecule has 130 valence electrons. The second-order valence-electron chi connectivity index (χ2n) is 6.11. The van der Waals surface area contributed by atoms with Crippen LogP contribution in [-0.2, 0) is 9.53 Å². The molecule has 0 bridgehead atoms. The molecule has 0 radical (unpaired) electrons. The molecule has 2 atom stereocenters. The van der Waals surface area contributed by atoms with Gasteiger partial charge >= 0.3 is 0 Å². The Bertz CT molecular complexity index is 628. The van der Waals surface area contributed by atoms with Gasteiger partial charge in [-0.2, -0.15) is 0 Å². The van der Waals surface area contributed by atoms with Crippen molar-refractivity contribution in [2.45, 2.75) is 32.4 Å². The Kier molecular flexibility index (Phi) is 4.99. The largest absolute Gasteiger partial charge is 0.478 e.